The first-order valence-electron chi connectivity index (χ1n) is 7.14. The third-order valence-electron chi connectivity index (χ3n) is 4.14. The Labute approximate surface area is 123 Å². The van der Waals surface area contributed by atoms with Gasteiger partial charge in [0.05, 0.1) is 0 Å². The van der Waals surface area contributed by atoms with Gasteiger partial charge in [0.2, 0.25) is 8.32 Å². The Kier molecular flexibility index (Phi) is 4.05. The molecule has 2 aromatic rings. The van der Waals surface area contributed by atoms with Crippen molar-refractivity contribution in [2.24, 2.45) is 0 Å². The monoisotopic (exact) mass is 284 g/mol. The molecule has 0 spiro atoms. The standard InChI is InChI=1S/C18H24OSi/c1-18(2,3)20(4,5)19-17-13-11-16(12-14-17)15-9-7-6-8-10-15/h6-14H,1-5H3. The van der Waals surface area contributed by atoms with Crippen molar-refractivity contribution in [2.75, 3.05) is 0 Å². The van der Waals surface area contributed by atoms with Gasteiger partial charge in [-0.05, 0) is 41.4 Å². The van der Waals surface area contributed by atoms with Crippen molar-refractivity contribution in [1.29, 1.82) is 0 Å². The smallest absolute Gasteiger partial charge is 0.250 e. The zero-order valence-corrected chi connectivity index (χ0v) is 14.1. The highest BCUT2D eigenvalue weighted by molar-refractivity contribution is 6.74. The molecule has 0 fully saturated rings. The van der Waals surface area contributed by atoms with E-state index in [0.717, 1.165) is 5.75 Å². The highest BCUT2D eigenvalue weighted by Gasteiger charge is 2.38. The van der Waals surface area contributed by atoms with Crippen LogP contribution in [-0.4, -0.2) is 8.32 Å². The molecule has 0 saturated carbocycles. The molecule has 0 unspecified atom stereocenters. The van der Waals surface area contributed by atoms with E-state index in [1.165, 1.54) is 11.1 Å². The average Bonchev–Trinajstić information content (AvgIpc) is 2.39. The minimum atomic E-state index is -1.74. The third-order valence-corrected chi connectivity index (χ3v) is 8.50. The molecule has 0 heterocycles. The normalized spacial score (nSPS) is 12.2. The lowest BCUT2D eigenvalue weighted by molar-refractivity contribution is 0.492. The lowest BCUT2D eigenvalue weighted by Crippen LogP contribution is -2.43. The van der Waals surface area contributed by atoms with Crippen LogP contribution >= 0.6 is 0 Å². The summed E-state index contributed by atoms with van der Waals surface area (Å²) in [5.41, 5.74) is 2.47. The molecule has 1 nitrogen and oxygen atoms in total. The molecular formula is C18H24OSi. The van der Waals surface area contributed by atoms with Crippen LogP contribution in [0.15, 0.2) is 54.6 Å². The quantitative estimate of drug-likeness (QED) is 0.653. The second-order valence-electron chi connectivity index (χ2n) is 6.75. The molecule has 0 N–H and O–H groups in total. The Bertz CT molecular complexity index is 550. The van der Waals surface area contributed by atoms with Crippen molar-refractivity contribution >= 4 is 8.32 Å². The van der Waals surface area contributed by atoms with Crippen LogP contribution in [0.4, 0.5) is 0 Å². The predicted octanol–water partition coefficient (Wildman–Crippen LogP) is 5.74. The first kappa shape index (κ1) is 14.9. The van der Waals surface area contributed by atoms with Crippen LogP contribution in [0, 0.1) is 0 Å². The van der Waals surface area contributed by atoms with Crippen LogP contribution < -0.4 is 4.43 Å². The maximum atomic E-state index is 6.30. The van der Waals surface area contributed by atoms with Gasteiger partial charge in [-0.2, -0.15) is 0 Å². The average molecular weight is 284 g/mol. The molecule has 0 aliphatic rings. The molecule has 0 aromatic heterocycles. The molecule has 2 rings (SSSR count). The zero-order valence-electron chi connectivity index (χ0n) is 13.1. The Balaban J connectivity index is 2.18. The summed E-state index contributed by atoms with van der Waals surface area (Å²) in [6.07, 6.45) is 0. The highest BCUT2D eigenvalue weighted by Crippen LogP contribution is 2.37. The Morgan fingerprint density at radius 2 is 1.25 bits per heavy atom. The minimum absolute atomic E-state index is 0.227. The van der Waals surface area contributed by atoms with Crippen molar-refractivity contribution in [2.45, 2.75) is 38.9 Å². The van der Waals surface area contributed by atoms with Crippen molar-refractivity contribution in [3.05, 3.63) is 54.6 Å². The van der Waals surface area contributed by atoms with Gasteiger partial charge < -0.3 is 4.43 Å². The summed E-state index contributed by atoms with van der Waals surface area (Å²) in [6.45, 7) is 11.3. The summed E-state index contributed by atoms with van der Waals surface area (Å²) in [4.78, 5) is 0. The molecular weight excluding hydrogens is 260 g/mol. The number of hydrogen-bond donors (Lipinski definition) is 0. The fraction of sp³-hybridized carbons (Fsp3) is 0.333. The number of benzene rings is 2. The molecule has 2 aromatic carbocycles. The number of rotatable bonds is 3. The Morgan fingerprint density at radius 3 is 1.75 bits per heavy atom. The van der Waals surface area contributed by atoms with Crippen molar-refractivity contribution in [3.63, 3.8) is 0 Å². The number of hydrogen-bond acceptors (Lipinski definition) is 1. The summed E-state index contributed by atoms with van der Waals surface area (Å²) in [7, 11) is -1.74. The van der Waals surface area contributed by atoms with E-state index in [1.54, 1.807) is 0 Å². The van der Waals surface area contributed by atoms with Crippen LogP contribution in [0.3, 0.4) is 0 Å². The molecule has 2 heteroatoms. The fourth-order valence-corrected chi connectivity index (χ4v) is 2.83. The van der Waals surface area contributed by atoms with Gasteiger partial charge in [-0.3, -0.25) is 0 Å². The van der Waals surface area contributed by atoms with Gasteiger partial charge in [-0.25, -0.2) is 0 Å². The van der Waals surface area contributed by atoms with Crippen LogP contribution in [0.25, 0.3) is 11.1 Å². The van der Waals surface area contributed by atoms with E-state index in [9.17, 15) is 0 Å². The lowest BCUT2D eigenvalue weighted by atomic mass is 10.1. The van der Waals surface area contributed by atoms with Crippen molar-refractivity contribution < 1.29 is 4.43 Å². The van der Waals surface area contributed by atoms with Crippen LogP contribution in [-0.2, 0) is 0 Å². The predicted molar refractivity (Wildman–Crippen MR) is 89.7 cm³/mol. The van der Waals surface area contributed by atoms with E-state index in [0.29, 0.717) is 0 Å². The molecule has 0 aliphatic heterocycles. The maximum Gasteiger partial charge on any atom is 0.250 e. The van der Waals surface area contributed by atoms with Crippen LogP contribution in [0.2, 0.25) is 18.1 Å². The molecule has 0 bridgehead atoms. The zero-order chi connectivity index (χ0) is 14.8. The molecule has 0 aliphatic carbocycles. The minimum Gasteiger partial charge on any atom is -0.544 e. The maximum absolute atomic E-state index is 6.30. The molecule has 20 heavy (non-hydrogen) atoms. The largest absolute Gasteiger partial charge is 0.544 e. The molecule has 0 saturated heterocycles. The Morgan fingerprint density at radius 1 is 0.750 bits per heavy atom. The second kappa shape index (κ2) is 5.45. The molecule has 0 amide bonds. The summed E-state index contributed by atoms with van der Waals surface area (Å²) in [5.74, 6) is 0.983. The van der Waals surface area contributed by atoms with E-state index < -0.39 is 8.32 Å². The van der Waals surface area contributed by atoms with E-state index >= 15 is 0 Å². The Hall–Kier alpha value is -1.54. The third kappa shape index (κ3) is 3.31. The van der Waals surface area contributed by atoms with Gasteiger partial charge in [-0.15, -0.1) is 0 Å². The van der Waals surface area contributed by atoms with E-state index in [4.69, 9.17) is 4.43 Å². The molecule has 0 radical (unpaired) electrons. The fourth-order valence-electron chi connectivity index (χ4n) is 1.79. The van der Waals surface area contributed by atoms with Crippen LogP contribution in [0.5, 0.6) is 5.75 Å². The van der Waals surface area contributed by atoms with E-state index in [-0.39, 0.29) is 5.04 Å². The van der Waals surface area contributed by atoms with Crippen LogP contribution in [0.1, 0.15) is 20.8 Å². The molecule has 106 valence electrons. The van der Waals surface area contributed by atoms with Gasteiger partial charge in [-0.1, -0.05) is 63.2 Å². The SMILES string of the molecule is CC(C)(C)[Si](C)(C)Oc1ccc(-c2ccccc2)cc1. The lowest BCUT2D eigenvalue weighted by Gasteiger charge is -2.36. The first-order valence-corrected chi connectivity index (χ1v) is 10.0. The summed E-state index contributed by atoms with van der Waals surface area (Å²) < 4.78 is 6.30. The van der Waals surface area contributed by atoms with Gasteiger partial charge >= 0.3 is 0 Å². The summed E-state index contributed by atoms with van der Waals surface area (Å²) >= 11 is 0. The summed E-state index contributed by atoms with van der Waals surface area (Å²) in [6, 6.07) is 18.9. The second-order valence-corrected chi connectivity index (χ2v) is 11.5. The van der Waals surface area contributed by atoms with Gasteiger partial charge in [0.25, 0.3) is 0 Å². The first-order chi connectivity index (χ1) is 9.29. The highest BCUT2D eigenvalue weighted by atomic mass is 28.4. The van der Waals surface area contributed by atoms with Gasteiger partial charge in [0, 0.05) is 0 Å². The van der Waals surface area contributed by atoms with Crippen molar-refractivity contribution in [3.8, 4) is 16.9 Å². The van der Waals surface area contributed by atoms with Crippen molar-refractivity contribution in [1.82, 2.24) is 0 Å². The van der Waals surface area contributed by atoms with Gasteiger partial charge in [0.1, 0.15) is 5.75 Å². The van der Waals surface area contributed by atoms with E-state index in [2.05, 4.69) is 82.4 Å². The van der Waals surface area contributed by atoms with Gasteiger partial charge in [0.15, 0.2) is 0 Å². The molecule has 0 atom stereocenters. The van der Waals surface area contributed by atoms with E-state index in [1.807, 2.05) is 6.07 Å². The summed E-state index contributed by atoms with van der Waals surface area (Å²) in [5, 5.41) is 0.227. The topological polar surface area (TPSA) is 9.23 Å².